The van der Waals surface area contributed by atoms with Crippen molar-refractivity contribution in [1.29, 1.82) is 0 Å². The number of halogens is 3. The summed E-state index contributed by atoms with van der Waals surface area (Å²) in [6.45, 7) is 0.314. The minimum atomic E-state index is -4.10. The van der Waals surface area contributed by atoms with Crippen LogP contribution in [0.15, 0.2) is 24.3 Å². The second-order valence-corrected chi connectivity index (χ2v) is 5.66. The molecule has 2 rings (SSSR count). The van der Waals surface area contributed by atoms with E-state index in [-0.39, 0.29) is 12.8 Å². The van der Waals surface area contributed by atoms with Crippen LogP contribution >= 0.6 is 0 Å². The largest absolute Gasteiger partial charge is 0.497 e. The predicted octanol–water partition coefficient (Wildman–Crippen LogP) is 3.56. The normalized spacial score (nSPS) is 26.4. The highest BCUT2D eigenvalue weighted by molar-refractivity contribution is 5.50. The highest BCUT2D eigenvalue weighted by Gasteiger charge is 2.45. The Balaban J connectivity index is 2.06. The van der Waals surface area contributed by atoms with Crippen LogP contribution in [-0.4, -0.2) is 25.4 Å². The van der Waals surface area contributed by atoms with Gasteiger partial charge in [0.1, 0.15) is 5.75 Å². The molecule has 0 heterocycles. The summed E-state index contributed by atoms with van der Waals surface area (Å²) >= 11 is 0. The molecular weight excluding hydrogens is 281 g/mol. The summed E-state index contributed by atoms with van der Waals surface area (Å²) in [5, 5.41) is 3.32. The third-order valence-electron chi connectivity index (χ3n) is 4.28. The standard InChI is InChI=1S/C15H21F3N2O/c1-21-13-4-2-3-12(9-13)20-14(10-19)7-5-11(6-8-14)15(16,17)18/h2-4,9,11,20H,5-8,10,19H2,1H3. The van der Waals surface area contributed by atoms with Crippen LogP contribution in [0.4, 0.5) is 18.9 Å². The Kier molecular flexibility index (Phi) is 4.66. The molecule has 1 fully saturated rings. The maximum absolute atomic E-state index is 12.8. The number of rotatable bonds is 4. The topological polar surface area (TPSA) is 47.3 Å². The van der Waals surface area contributed by atoms with Crippen molar-refractivity contribution < 1.29 is 17.9 Å². The van der Waals surface area contributed by atoms with E-state index >= 15 is 0 Å². The molecule has 0 aliphatic heterocycles. The summed E-state index contributed by atoms with van der Waals surface area (Å²) in [5.74, 6) is -0.500. The minimum Gasteiger partial charge on any atom is -0.497 e. The van der Waals surface area contributed by atoms with Gasteiger partial charge < -0.3 is 15.8 Å². The molecule has 1 saturated carbocycles. The number of hydrogen-bond acceptors (Lipinski definition) is 3. The van der Waals surface area contributed by atoms with E-state index in [9.17, 15) is 13.2 Å². The third kappa shape index (κ3) is 3.81. The third-order valence-corrected chi connectivity index (χ3v) is 4.28. The fourth-order valence-electron chi connectivity index (χ4n) is 2.88. The number of methoxy groups -OCH3 is 1. The lowest BCUT2D eigenvalue weighted by atomic mass is 9.76. The summed E-state index contributed by atoms with van der Waals surface area (Å²) in [7, 11) is 1.58. The summed E-state index contributed by atoms with van der Waals surface area (Å²) < 4.78 is 43.4. The summed E-state index contributed by atoms with van der Waals surface area (Å²) in [6.07, 6.45) is -3.01. The number of anilines is 1. The van der Waals surface area contributed by atoms with Crippen molar-refractivity contribution in [1.82, 2.24) is 0 Å². The second kappa shape index (κ2) is 6.13. The quantitative estimate of drug-likeness (QED) is 0.894. The van der Waals surface area contributed by atoms with Gasteiger partial charge in [-0.2, -0.15) is 13.2 Å². The molecule has 3 N–H and O–H groups in total. The summed E-state index contributed by atoms with van der Waals surface area (Å²) in [6, 6.07) is 7.36. The first-order chi connectivity index (χ1) is 9.88. The number of alkyl halides is 3. The molecule has 0 saturated heterocycles. The van der Waals surface area contributed by atoms with Crippen LogP contribution in [0, 0.1) is 5.92 Å². The summed E-state index contributed by atoms with van der Waals surface area (Å²) in [5.41, 5.74) is 6.20. The van der Waals surface area contributed by atoms with E-state index in [0.717, 1.165) is 5.69 Å². The van der Waals surface area contributed by atoms with Gasteiger partial charge in [0.2, 0.25) is 0 Å². The Morgan fingerprint density at radius 3 is 2.52 bits per heavy atom. The molecule has 0 radical (unpaired) electrons. The number of nitrogens with one attached hydrogen (secondary N) is 1. The SMILES string of the molecule is COc1cccc(NC2(CN)CCC(C(F)(F)F)CC2)c1. The van der Waals surface area contributed by atoms with Gasteiger partial charge in [-0.3, -0.25) is 0 Å². The van der Waals surface area contributed by atoms with E-state index in [1.165, 1.54) is 0 Å². The Labute approximate surface area is 122 Å². The van der Waals surface area contributed by atoms with Crippen molar-refractivity contribution in [2.75, 3.05) is 19.0 Å². The Morgan fingerprint density at radius 2 is 2.00 bits per heavy atom. The molecule has 0 aromatic heterocycles. The zero-order chi connectivity index (χ0) is 15.5. The maximum atomic E-state index is 12.8. The number of hydrogen-bond donors (Lipinski definition) is 2. The molecule has 6 heteroatoms. The van der Waals surface area contributed by atoms with E-state index < -0.39 is 17.6 Å². The predicted molar refractivity (Wildman–Crippen MR) is 76.4 cm³/mol. The molecule has 118 valence electrons. The Morgan fingerprint density at radius 1 is 1.33 bits per heavy atom. The number of ether oxygens (including phenoxy) is 1. The minimum absolute atomic E-state index is 0.123. The van der Waals surface area contributed by atoms with Crippen LogP contribution in [-0.2, 0) is 0 Å². The second-order valence-electron chi connectivity index (χ2n) is 5.66. The van der Waals surface area contributed by atoms with E-state index in [2.05, 4.69) is 5.32 Å². The van der Waals surface area contributed by atoms with E-state index in [0.29, 0.717) is 25.1 Å². The van der Waals surface area contributed by atoms with Gasteiger partial charge in [0.05, 0.1) is 13.0 Å². The van der Waals surface area contributed by atoms with Crippen LogP contribution in [0.1, 0.15) is 25.7 Å². The summed E-state index contributed by atoms with van der Waals surface area (Å²) in [4.78, 5) is 0. The first-order valence-electron chi connectivity index (χ1n) is 7.07. The molecule has 0 spiro atoms. The van der Waals surface area contributed by atoms with E-state index in [1.54, 1.807) is 7.11 Å². The van der Waals surface area contributed by atoms with Gasteiger partial charge in [-0.1, -0.05) is 6.07 Å². The average molecular weight is 302 g/mol. The molecule has 0 amide bonds. The first-order valence-corrected chi connectivity index (χ1v) is 7.07. The van der Waals surface area contributed by atoms with Gasteiger partial charge in [-0.15, -0.1) is 0 Å². The van der Waals surface area contributed by atoms with Crippen molar-refractivity contribution in [2.24, 2.45) is 11.7 Å². The molecule has 1 aliphatic rings. The number of nitrogens with two attached hydrogens (primary N) is 1. The van der Waals surface area contributed by atoms with Gasteiger partial charge in [0.25, 0.3) is 0 Å². The van der Waals surface area contributed by atoms with Gasteiger partial charge >= 0.3 is 6.18 Å². The van der Waals surface area contributed by atoms with E-state index in [1.807, 2.05) is 24.3 Å². The van der Waals surface area contributed by atoms with Gasteiger partial charge in [-0.05, 0) is 37.8 Å². The van der Waals surface area contributed by atoms with Crippen molar-refractivity contribution in [3.63, 3.8) is 0 Å². The van der Waals surface area contributed by atoms with Gasteiger partial charge in [-0.25, -0.2) is 0 Å². The molecule has 0 unspecified atom stereocenters. The Hall–Kier alpha value is -1.43. The molecular formula is C15H21F3N2O. The fourth-order valence-corrected chi connectivity index (χ4v) is 2.88. The zero-order valence-electron chi connectivity index (χ0n) is 12.0. The van der Waals surface area contributed by atoms with Gasteiger partial charge in [0, 0.05) is 23.8 Å². The lowest BCUT2D eigenvalue weighted by Crippen LogP contribution is -2.49. The van der Waals surface area contributed by atoms with Crippen molar-refractivity contribution in [3.05, 3.63) is 24.3 Å². The molecule has 3 nitrogen and oxygen atoms in total. The average Bonchev–Trinajstić information content (AvgIpc) is 2.47. The van der Waals surface area contributed by atoms with Crippen LogP contribution in [0.25, 0.3) is 0 Å². The molecule has 1 aromatic rings. The zero-order valence-corrected chi connectivity index (χ0v) is 12.0. The Bertz CT molecular complexity index is 468. The van der Waals surface area contributed by atoms with E-state index in [4.69, 9.17) is 10.5 Å². The highest BCUT2D eigenvalue weighted by Crippen LogP contribution is 2.42. The molecule has 21 heavy (non-hydrogen) atoms. The van der Waals surface area contributed by atoms with Crippen molar-refractivity contribution in [2.45, 2.75) is 37.4 Å². The molecule has 1 aromatic carbocycles. The van der Waals surface area contributed by atoms with Gasteiger partial charge in [0.15, 0.2) is 0 Å². The smallest absolute Gasteiger partial charge is 0.391 e. The van der Waals surface area contributed by atoms with Crippen LogP contribution in [0.3, 0.4) is 0 Å². The highest BCUT2D eigenvalue weighted by atomic mass is 19.4. The van der Waals surface area contributed by atoms with Crippen molar-refractivity contribution in [3.8, 4) is 5.75 Å². The fraction of sp³-hybridized carbons (Fsp3) is 0.600. The molecule has 0 bridgehead atoms. The van der Waals surface area contributed by atoms with Crippen LogP contribution < -0.4 is 15.8 Å². The lowest BCUT2D eigenvalue weighted by Gasteiger charge is -2.41. The molecule has 1 aliphatic carbocycles. The lowest BCUT2D eigenvalue weighted by molar-refractivity contribution is -0.183. The monoisotopic (exact) mass is 302 g/mol. The van der Waals surface area contributed by atoms with Crippen molar-refractivity contribution >= 4 is 5.69 Å². The maximum Gasteiger partial charge on any atom is 0.391 e. The van der Waals surface area contributed by atoms with Crippen LogP contribution in [0.5, 0.6) is 5.75 Å². The molecule has 0 atom stereocenters. The number of benzene rings is 1. The first kappa shape index (κ1) is 15.9. The van der Waals surface area contributed by atoms with Crippen LogP contribution in [0.2, 0.25) is 0 Å².